The number of aromatic nitrogens is 2. The average molecular weight is 397 g/mol. The van der Waals surface area contributed by atoms with Crippen LogP contribution in [-0.2, 0) is 0 Å². The minimum atomic E-state index is -0.0984. The van der Waals surface area contributed by atoms with E-state index in [4.69, 9.17) is 14.7 Å². The van der Waals surface area contributed by atoms with Crippen LogP contribution in [0.2, 0.25) is 0 Å². The van der Waals surface area contributed by atoms with E-state index in [9.17, 15) is 4.79 Å². The Hall–Kier alpha value is -3.73. The summed E-state index contributed by atoms with van der Waals surface area (Å²) in [6.07, 6.45) is 0.890. The first kappa shape index (κ1) is 19.6. The van der Waals surface area contributed by atoms with Crippen molar-refractivity contribution in [2.45, 2.75) is 13.3 Å². The Bertz CT molecular complexity index is 1190. The van der Waals surface area contributed by atoms with Crippen LogP contribution in [0.25, 0.3) is 33.5 Å². The Morgan fingerprint density at radius 1 is 0.867 bits per heavy atom. The van der Waals surface area contributed by atoms with Crippen LogP contribution in [0.3, 0.4) is 0 Å². The number of hydrogen-bond donors (Lipinski definition) is 1. The van der Waals surface area contributed by atoms with E-state index >= 15 is 0 Å². The topological polar surface area (TPSA) is 64.1 Å². The van der Waals surface area contributed by atoms with E-state index in [0.717, 1.165) is 40.2 Å². The van der Waals surface area contributed by atoms with Gasteiger partial charge in [-0.25, -0.2) is 9.97 Å². The minimum absolute atomic E-state index is 0.0984. The maximum Gasteiger partial charge on any atom is 0.251 e. The number of amides is 1. The van der Waals surface area contributed by atoms with Gasteiger partial charge < -0.3 is 10.1 Å². The maximum atomic E-state index is 12.4. The number of methoxy groups -OCH3 is 1. The molecule has 30 heavy (non-hydrogen) atoms. The van der Waals surface area contributed by atoms with Gasteiger partial charge >= 0.3 is 0 Å². The molecule has 0 saturated carbocycles. The molecule has 0 fully saturated rings. The van der Waals surface area contributed by atoms with Crippen LogP contribution in [-0.4, -0.2) is 29.5 Å². The Kier molecular flexibility index (Phi) is 5.70. The zero-order valence-corrected chi connectivity index (χ0v) is 17.1. The minimum Gasteiger partial charge on any atom is -0.497 e. The van der Waals surface area contributed by atoms with Crippen LogP contribution in [0.4, 0.5) is 0 Å². The molecule has 0 aliphatic carbocycles. The fraction of sp³-hybridized carbons (Fsp3) is 0.160. The first-order valence-electron chi connectivity index (χ1n) is 9.99. The van der Waals surface area contributed by atoms with Crippen LogP contribution in [0.15, 0.2) is 72.8 Å². The highest BCUT2D eigenvalue weighted by atomic mass is 16.5. The van der Waals surface area contributed by atoms with Crippen LogP contribution in [0.5, 0.6) is 5.75 Å². The summed E-state index contributed by atoms with van der Waals surface area (Å²) in [6.45, 7) is 2.67. The molecule has 4 rings (SSSR count). The Labute approximate surface area is 175 Å². The summed E-state index contributed by atoms with van der Waals surface area (Å²) >= 11 is 0. The zero-order valence-electron chi connectivity index (χ0n) is 17.1. The fourth-order valence-electron chi connectivity index (χ4n) is 3.31. The SMILES string of the molecule is CCCNC(=O)c1ccc2nc(-c3cccc(OC)c3)c(-c3ccccc3)nc2c1. The number of benzene rings is 3. The summed E-state index contributed by atoms with van der Waals surface area (Å²) in [6, 6.07) is 23.2. The standard InChI is InChI=1S/C25H23N3O2/c1-3-14-26-25(29)19-12-13-21-22(16-19)28-23(17-8-5-4-6-9-17)24(27-21)18-10-7-11-20(15-18)30-2/h4-13,15-16H,3,14H2,1-2H3,(H,26,29). The highest BCUT2D eigenvalue weighted by molar-refractivity contribution is 5.98. The van der Waals surface area contributed by atoms with Crippen molar-refractivity contribution in [1.82, 2.24) is 15.3 Å². The lowest BCUT2D eigenvalue weighted by Gasteiger charge is -2.12. The third kappa shape index (κ3) is 4.01. The first-order valence-corrected chi connectivity index (χ1v) is 9.99. The van der Waals surface area contributed by atoms with E-state index < -0.39 is 0 Å². The number of nitrogens with zero attached hydrogens (tertiary/aromatic N) is 2. The van der Waals surface area contributed by atoms with Gasteiger partial charge in [0, 0.05) is 23.2 Å². The van der Waals surface area contributed by atoms with Crippen LogP contribution in [0.1, 0.15) is 23.7 Å². The van der Waals surface area contributed by atoms with Gasteiger partial charge in [0.15, 0.2) is 0 Å². The predicted octanol–water partition coefficient (Wildman–Crippen LogP) is 5.11. The van der Waals surface area contributed by atoms with Gasteiger partial charge in [0.1, 0.15) is 5.75 Å². The van der Waals surface area contributed by atoms with E-state index in [0.29, 0.717) is 17.6 Å². The molecule has 0 bridgehead atoms. The van der Waals surface area contributed by atoms with Crippen LogP contribution >= 0.6 is 0 Å². The smallest absolute Gasteiger partial charge is 0.251 e. The molecule has 0 spiro atoms. The van der Waals surface area contributed by atoms with Crippen LogP contribution in [0, 0.1) is 0 Å². The number of carbonyl (C=O) groups excluding carboxylic acids is 1. The van der Waals surface area contributed by atoms with Gasteiger partial charge in [-0.05, 0) is 36.8 Å². The van der Waals surface area contributed by atoms with Gasteiger partial charge in [-0.3, -0.25) is 4.79 Å². The van der Waals surface area contributed by atoms with Crippen molar-refractivity contribution in [2.24, 2.45) is 0 Å². The Morgan fingerprint density at radius 2 is 1.60 bits per heavy atom. The number of fused-ring (bicyclic) bond motifs is 1. The fourth-order valence-corrected chi connectivity index (χ4v) is 3.31. The summed E-state index contributed by atoms with van der Waals surface area (Å²) < 4.78 is 5.39. The lowest BCUT2D eigenvalue weighted by molar-refractivity contribution is 0.0954. The highest BCUT2D eigenvalue weighted by Gasteiger charge is 2.15. The van der Waals surface area contributed by atoms with Gasteiger partial charge in [-0.2, -0.15) is 0 Å². The zero-order chi connectivity index (χ0) is 20.9. The van der Waals surface area contributed by atoms with E-state index in [-0.39, 0.29) is 5.91 Å². The molecule has 0 aliphatic heterocycles. The van der Waals surface area contributed by atoms with E-state index in [1.807, 2.05) is 67.6 Å². The number of hydrogen-bond acceptors (Lipinski definition) is 4. The number of ether oxygens (including phenoxy) is 1. The summed E-state index contributed by atoms with van der Waals surface area (Å²) in [5.41, 5.74) is 5.43. The maximum absolute atomic E-state index is 12.4. The predicted molar refractivity (Wildman–Crippen MR) is 120 cm³/mol. The highest BCUT2D eigenvalue weighted by Crippen LogP contribution is 2.32. The monoisotopic (exact) mass is 397 g/mol. The first-order chi connectivity index (χ1) is 14.7. The third-order valence-electron chi connectivity index (χ3n) is 4.85. The van der Waals surface area contributed by atoms with E-state index in [1.165, 1.54) is 0 Å². The second-order valence-electron chi connectivity index (χ2n) is 6.98. The molecular formula is C25H23N3O2. The third-order valence-corrected chi connectivity index (χ3v) is 4.85. The largest absolute Gasteiger partial charge is 0.497 e. The molecular weight excluding hydrogens is 374 g/mol. The number of carbonyl (C=O) groups is 1. The lowest BCUT2D eigenvalue weighted by Crippen LogP contribution is -2.23. The molecule has 0 aliphatic rings. The van der Waals surface area contributed by atoms with Gasteiger partial charge in [0.2, 0.25) is 0 Å². The summed E-state index contributed by atoms with van der Waals surface area (Å²) in [4.78, 5) is 22.2. The van der Waals surface area contributed by atoms with Crippen molar-refractivity contribution in [3.8, 4) is 28.3 Å². The molecule has 5 heteroatoms. The number of nitrogens with one attached hydrogen (secondary N) is 1. The lowest BCUT2D eigenvalue weighted by atomic mass is 10.0. The van der Waals surface area contributed by atoms with Crippen molar-refractivity contribution in [1.29, 1.82) is 0 Å². The molecule has 1 aromatic heterocycles. The van der Waals surface area contributed by atoms with Crippen molar-refractivity contribution >= 4 is 16.9 Å². The van der Waals surface area contributed by atoms with E-state index in [1.54, 1.807) is 19.2 Å². The molecule has 1 N–H and O–H groups in total. The van der Waals surface area contributed by atoms with Gasteiger partial charge in [0.25, 0.3) is 5.91 Å². The summed E-state index contributed by atoms with van der Waals surface area (Å²) in [5.74, 6) is 0.662. The molecule has 1 amide bonds. The van der Waals surface area contributed by atoms with Gasteiger partial charge in [-0.1, -0.05) is 49.4 Å². The van der Waals surface area contributed by atoms with Crippen LogP contribution < -0.4 is 10.1 Å². The van der Waals surface area contributed by atoms with Gasteiger partial charge in [-0.15, -0.1) is 0 Å². The van der Waals surface area contributed by atoms with Gasteiger partial charge in [0.05, 0.1) is 29.5 Å². The van der Waals surface area contributed by atoms with E-state index in [2.05, 4.69) is 5.32 Å². The Balaban J connectivity index is 1.89. The number of rotatable bonds is 6. The second kappa shape index (κ2) is 8.74. The molecule has 3 aromatic carbocycles. The molecule has 0 unspecified atom stereocenters. The molecule has 150 valence electrons. The Morgan fingerprint density at radius 3 is 2.37 bits per heavy atom. The molecule has 0 atom stereocenters. The second-order valence-corrected chi connectivity index (χ2v) is 6.98. The van der Waals surface area contributed by atoms with Crippen molar-refractivity contribution in [2.75, 3.05) is 13.7 Å². The van der Waals surface area contributed by atoms with Crippen molar-refractivity contribution in [3.05, 3.63) is 78.4 Å². The molecule has 5 nitrogen and oxygen atoms in total. The molecule has 4 aromatic rings. The van der Waals surface area contributed by atoms with Crippen molar-refractivity contribution in [3.63, 3.8) is 0 Å². The molecule has 0 saturated heterocycles. The summed E-state index contributed by atoms with van der Waals surface area (Å²) in [5, 5.41) is 2.91. The quantitative estimate of drug-likeness (QED) is 0.491. The summed E-state index contributed by atoms with van der Waals surface area (Å²) in [7, 11) is 1.65. The van der Waals surface area contributed by atoms with Crippen molar-refractivity contribution < 1.29 is 9.53 Å². The normalized spacial score (nSPS) is 10.7. The average Bonchev–Trinajstić information content (AvgIpc) is 2.81. The molecule has 0 radical (unpaired) electrons. The molecule has 1 heterocycles.